The van der Waals surface area contributed by atoms with E-state index in [1.54, 1.807) is 13.1 Å². The highest BCUT2D eigenvalue weighted by Crippen LogP contribution is 2.23. The molecule has 1 heterocycles. The van der Waals surface area contributed by atoms with Crippen molar-refractivity contribution in [2.24, 2.45) is 0 Å². The molecule has 0 saturated carbocycles. The van der Waals surface area contributed by atoms with Crippen LogP contribution in [0.4, 0.5) is 0 Å². The number of carbonyl (C=O) groups is 1. The van der Waals surface area contributed by atoms with Crippen molar-refractivity contribution >= 4 is 26.7 Å². The number of aliphatic carboxylic acids is 1. The van der Waals surface area contributed by atoms with Gasteiger partial charge in [-0.1, -0.05) is 24.1 Å². The van der Waals surface area contributed by atoms with Crippen LogP contribution in [0.25, 0.3) is 10.9 Å². The molecule has 3 aromatic rings. The lowest BCUT2D eigenvalue weighted by Crippen LogP contribution is -2.08. The van der Waals surface area contributed by atoms with Crippen molar-refractivity contribution in [1.29, 1.82) is 0 Å². The molecular weight excluding hydrogens is 428 g/mol. The average molecular weight is 455 g/mol. The maximum Gasteiger partial charge on any atom is 0.304 e. The monoisotopic (exact) mass is 454 g/mol. The Morgan fingerprint density at radius 3 is 2.62 bits per heavy atom. The van der Waals surface area contributed by atoms with Gasteiger partial charge < -0.3 is 9.84 Å². The lowest BCUT2D eigenvalue weighted by Gasteiger charge is -2.11. The van der Waals surface area contributed by atoms with Crippen LogP contribution >= 0.6 is 0 Å². The van der Waals surface area contributed by atoms with E-state index in [-0.39, 0.29) is 18.1 Å². The van der Waals surface area contributed by atoms with Crippen molar-refractivity contribution in [2.75, 3.05) is 12.0 Å². The van der Waals surface area contributed by atoms with E-state index < -0.39 is 15.8 Å². The number of carboxylic acid groups (broad SMARTS) is 1. The molecule has 0 fully saturated rings. The summed E-state index contributed by atoms with van der Waals surface area (Å²) in [4.78, 5) is 11.0. The molecular formula is C24H26N2O5S. The Balaban J connectivity index is 1.62. The van der Waals surface area contributed by atoms with Gasteiger partial charge in [-0.3, -0.25) is 9.48 Å². The summed E-state index contributed by atoms with van der Waals surface area (Å²) in [5.74, 6) is 5.32. The second kappa shape index (κ2) is 10.3. The molecule has 7 nitrogen and oxygen atoms in total. The number of fused-ring (bicyclic) bond motifs is 1. The maximum absolute atomic E-state index is 11.3. The molecule has 3 rings (SSSR count). The smallest absolute Gasteiger partial charge is 0.304 e. The third-order valence-electron chi connectivity index (χ3n) is 4.98. The molecule has 0 amide bonds. The highest BCUT2D eigenvalue weighted by molar-refractivity contribution is 7.90. The van der Waals surface area contributed by atoms with Crippen LogP contribution in [0.1, 0.15) is 36.8 Å². The van der Waals surface area contributed by atoms with E-state index in [0.29, 0.717) is 25.3 Å². The van der Waals surface area contributed by atoms with Gasteiger partial charge in [-0.2, -0.15) is 5.10 Å². The first-order chi connectivity index (χ1) is 15.2. The van der Waals surface area contributed by atoms with Crippen molar-refractivity contribution in [3.05, 3.63) is 59.8 Å². The molecule has 2 aromatic carbocycles. The first-order valence-electron chi connectivity index (χ1n) is 10.2. The minimum Gasteiger partial charge on any atom is -0.489 e. The van der Waals surface area contributed by atoms with Crippen molar-refractivity contribution < 1.29 is 23.1 Å². The summed E-state index contributed by atoms with van der Waals surface area (Å²) < 4.78 is 30.3. The molecule has 1 atom stereocenters. The molecule has 1 N–H and O–H groups in total. The van der Waals surface area contributed by atoms with E-state index in [1.165, 1.54) is 6.26 Å². The predicted octanol–water partition coefficient (Wildman–Crippen LogP) is 3.63. The standard InChI is InChI=1S/C24H26N2O5S/c1-3-5-20(15-24(27)28)19-7-9-22(10-8-19)31-17-18-6-11-23-21(14-18)16-25-26(23)12-4-13-32(2,29)30/h6-11,14,16,20H,4,12-13,15,17H2,1-2H3,(H,27,28)/t20-/m0/s1. The van der Waals surface area contributed by atoms with Gasteiger partial charge >= 0.3 is 5.97 Å². The molecule has 0 bridgehead atoms. The number of ether oxygens (including phenoxy) is 1. The lowest BCUT2D eigenvalue weighted by molar-refractivity contribution is -0.137. The van der Waals surface area contributed by atoms with Crippen LogP contribution < -0.4 is 4.74 Å². The summed E-state index contributed by atoms with van der Waals surface area (Å²) in [5.41, 5.74) is 2.78. The highest BCUT2D eigenvalue weighted by atomic mass is 32.2. The van der Waals surface area contributed by atoms with Gasteiger partial charge in [0, 0.05) is 18.2 Å². The first kappa shape index (κ1) is 23.4. The van der Waals surface area contributed by atoms with E-state index in [9.17, 15) is 13.2 Å². The molecule has 0 radical (unpaired) electrons. The number of aryl methyl sites for hydroxylation is 1. The highest BCUT2D eigenvalue weighted by Gasteiger charge is 2.13. The summed E-state index contributed by atoms with van der Waals surface area (Å²) in [6.07, 6.45) is 3.49. The Hall–Kier alpha value is -3.31. The zero-order chi connectivity index (χ0) is 23.1. The van der Waals surface area contributed by atoms with E-state index in [1.807, 2.05) is 47.1 Å². The number of sulfone groups is 1. The van der Waals surface area contributed by atoms with Gasteiger partial charge in [-0.05, 0) is 48.7 Å². The van der Waals surface area contributed by atoms with Gasteiger partial charge in [-0.15, -0.1) is 5.92 Å². The summed E-state index contributed by atoms with van der Waals surface area (Å²) in [5, 5.41) is 14.4. The second-order valence-corrected chi connectivity index (χ2v) is 9.91. The van der Waals surface area contributed by atoms with Gasteiger partial charge in [0.05, 0.1) is 29.8 Å². The number of rotatable bonds is 10. The van der Waals surface area contributed by atoms with E-state index in [4.69, 9.17) is 9.84 Å². The minimum absolute atomic E-state index is 0.0387. The second-order valence-electron chi connectivity index (χ2n) is 7.65. The number of carboxylic acids is 1. The van der Waals surface area contributed by atoms with Crippen molar-refractivity contribution in [3.8, 4) is 17.6 Å². The SMILES string of the molecule is CC#C[C@@H](CC(=O)O)c1ccc(OCc2ccc3c(cnn3CCCS(C)(=O)=O)c2)cc1. The van der Waals surface area contributed by atoms with E-state index in [0.717, 1.165) is 22.0 Å². The molecule has 0 aliphatic heterocycles. The first-order valence-corrected chi connectivity index (χ1v) is 12.3. The van der Waals surface area contributed by atoms with Gasteiger partial charge in [0.25, 0.3) is 0 Å². The maximum atomic E-state index is 11.3. The molecule has 0 spiro atoms. The molecule has 0 saturated heterocycles. The zero-order valence-corrected chi connectivity index (χ0v) is 18.9. The molecule has 0 aliphatic rings. The summed E-state index contributed by atoms with van der Waals surface area (Å²) in [7, 11) is -2.98. The molecule has 0 unspecified atom stereocenters. The van der Waals surface area contributed by atoms with Gasteiger partial charge in [0.15, 0.2) is 0 Å². The number of aromatic nitrogens is 2. The Labute approximate surface area is 187 Å². The Kier molecular flexibility index (Phi) is 7.54. The molecule has 1 aromatic heterocycles. The van der Waals surface area contributed by atoms with Crippen LogP contribution in [0, 0.1) is 11.8 Å². The molecule has 32 heavy (non-hydrogen) atoms. The van der Waals surface area contributed by atoms with Gasteiger partial charge in [0.1, 0.15) is 22.2 Å². The fourth-order valence-electron chi connectivity index (χ4n) is 3.45. The van der Waals surface area contributed by atoms with Crippen LogP contribution in [0.15, 0.2) is 48.7 Å². The number of hydrogen-bond acceptors (Lipinski definition) is 5. The Morgan fingerprint density at radius 2 is 1.97 bits per heavy atom. The van der Waals surface area contributed by atoms with Gasteiger partial charge in [-0.25, -0.2) is 8.42 Å². The fraction of sp³-hybridized carbons (Fsp3) is 0.333. The number of hydrogen-bond donors (Lipinski definition) is 1. The molecule has 8 heteroatoms. The Morgan fingerprint density at radius 1 is 1.22 bits per heavy atom. The van der Waals surface area contributed by atoms with Crippen LogP contribution in [0.5, 0.6) is 5.75 Å². The largest absolute Gasteiger partial charge is 0.489 e. The van der Waals surface area contributed by atoms with E-state index in [2.05, 4.69) is 16.9 Å². The van der Waals surface area contributed by atoms with E-state index >= 15 is 0 Å². The van der Waals surface area contributed by atoms with Crippen LogP contribution in [0.2, 0.25) is 0 Å². The quantitative estimate of drug-likeness (QED) is 0.470. The van der Waals surface area contributed by atoms with Crippen LogP contribution in [0.3, 0.4) is 0 Å². The minimum atomic E-state index is -2.98. The summed E-state index contributed by atoms with van der Waals surface area (Å²) in [6.45, 7) is 2.62. The molecule has 0 aliphatic carbocycles. The summed E-state index contributed by atoms with van der Waals surface area (Å²) >= 11 is 0. The Bertz CT molecular complexity index is 1250. The molecule has 168 valence electrons. The van der Waals surface area contributed by atoms with Crippen molar-refractivity contribution in [1.82, 2.24) is 9.78 Å². The fourth-order valence-corrected chi connectivity index (χ4v) is 4.10. The zero-order valence-electron chi connectivity index (χ0n) is 18.1. The predicted molar refractivity (Wildman–Crippen MR) is 123 cm³/mol. The van der Waals surface area contributed by atoms with Crippen LogP contribution in [-0.4, -0.2) is 41.3 Å². The topological polar surface area (TPSA) is 98.5 Å². The van der Waals surface area contributed by atoms with Crippen LogP contribution in [-0.2, 0) is 27.8 Å². The van der Waals surface area contributed by atoms with Crippen molar-refractivity contribution in [3.63, 3.8) is 0 Å². The average Bonchev–Trinajstić information content (AvgIpc) is 3.13. The number of benzene rings is 2. The van der Waals surface area contributed by atoms with Crippen molar-refractivity contribution in [2.45, 2.75) is 38.8 Å². The summed E-state index contributed by atoms with van der Waals surface area (Å²) in [6, 6.07) is 13.3. The lowest BCUT2D eigenvalue weighted by atomic mass is 9.96. The van der Waals surface area contributed by atoms with Gasteiger partial charge in [0.2, 0.25) is 0 Å². The third-order valence-corrected chi connectivity index (χ3v) is 6.01. The normalized spacial score (nSPS) is 12.2. The number of nitrogens with zero attached hydrogens (tertiary/aromatic N) is 2. The third kappa shape index (κ3) is 6.59.